The molecule has 0 bridgehead atoms. The fourth-order valence-electron chi connectivity index (χ4n) is 8.34. The number of furan rings is 2. The number of hydrogen-bond donors (Lipinski definition) is 0. The molecule has 5 nitrogen and oxygen atoms in total. The van der Waals surface area contributed by atoms with Gasteiger partial charge in [-0.15, -0.1) is 11.3 Å². The van der Waals surface area contributed by atoms with Crippen LogP contribution in [0.25, 0.3) is 120 Å². The molecule has 0 unspecified atom stereocenters. The summed E-state index contributed by atoms with van der Waals surface area (Å²) in [4.78, 5) is 15.2. The van der Waals surface area contributed by atoms with E-state index in [2.05, 4.69) is 97.1 Å². The fraction of sp³-hybridized carbons (Fsp3) is 0. The van der Waals surface area contributed by atoms with Crippen molar-refractivity contribution in [2.75, 3.05) is 0 Å². The number of aromatic nitrogens is 3. The van der Waals surface area contributed by atoms with Crippen LogP contribution >= 0.6 is 11.3 Å². The van der Waals surface area contributed by atoms with Crippen molar-refractivity contribution in [3.8, 4) is 56.4 Å². The summed E-state index contributed by atoms with van der Waals surface area (Å²) in [5.41, 5.74) is 10.7. The maximum Gasteiger partial charge on any atom is 0.165 e. The second-order valence-corrected chi connectivity index (χ2v) is 15.3. The molecule has 0 saturated carbocycles. The van der Waals surface area contributed by atoms with Crippen LogP contribution in [0, 0.1) is 0 Å². The monoisotopic (exact) mass is 747 g/mol. The van der Waals surface area contributed by atoms with Crippen LogP contribution in [0.15, 0.2) is 185 Å². The minimum absolute atomic E-state index is 0.641. The molecule has 12 aromatic rings. The van der Waals surface area contributed by atoms with Gasteiger partial charge < -0.3 is 8.83 Å². The number of nitrogens with zero attached hydrogens (tertiary/aromatic N) is 3. The molecule has 0 aliphatic heterocycles. The SMILES string of the molecule is c1ccc(-c2nc(-c3ccccc3)nc(-c3cccc4c3sc3c(-c5cc(-c6cccc7oc8ccccc8c67)cc6c5oc5ccccc56)cccc34)n2)cc1. The van der Waals surface area contributed by atoms with Gasteiger partial charge in [-0.1, -0.05) is 140 Å². The van der Waals surface area contributed by atoms with E-state index in [-0.39, 0.29) is 0 Å². The van der Waals surface area contributed by atoms with E-state index < -0.39 is 0 Å². The molecule has 0 aliphatic rings. The Morgan fingerprint density at radius 3 is 1.58 bits per heavy atom. The third-order valence-electron chi connectivity index (χ3n) is 10.9. The lowest BCUT2D eigenvalue weighted by Gasteiger charge is -2.10. The molecular formula is C51H29N3O2S. The van der Waals surface area contributed by atoms with E-state index in [1.807, 2.05) is 78.9 Å². The number of hydrogen-bond acceptors (Lipinski definition) is 6. The zero-order valence-corrected chi connectivity index (χ0v) is 31.1. The summed E-state index contributed by atoms with van der Waals surface area (Å²) in [5, 5.41) is 6.71. The van der Waals surface area contributed by atoms with Crippen LogP contribution in [-0.2, 0) is 0 Å². The quantitative estimate of drug-likeness (QED) is 0.175. The van der Waals surface area contributed by atoms with Gasteiger partial charge in [-0.2, -0.15) is 0 Å². The molecule has 8 aromatic carbocycles. The smallest absolute Gasteiger partial charge is 0.165 e. The topological polar surface area (TPSA) is 65.0 Å². The number of para-hydroxylation sites is 2. The molecule has 0 saturated heterocycles. The van der Waals surface area contributed by atoms with E-state index >= 15 is 0 Å². The van der Waals surface area contributed by atoms with E-state index in [0.29, 0.717) is 17.5 Å². The highest BCUT2D eigenvalue weighted by Crippen LogP contribution is 2.48. The molecule has 0 amide bonds. The Bertz CT molecular complexity index is 3470. The van der Waals surface area contributed by atoms with Crippen LogP contribution in [0.5, 0.6) is 0 Å². The normalized spacial score (nSPS) is 11.9. The highest BCUT2D eigenvalue weighted by molar-refractivity contribution is 7.26. The Morgan fingerprint density at radius 1 is 0.333 bits per heavy atom. The largest absolute Gasteiger partial charge is 0.456 e. The van der Waals surface area contributed by atoms with Crippen molar-refractivity contribution in [1.29, 1.82) is 0 Å². The standard InChI is InChI=1S/C51H29N3O2S/c1-3-14-30(15-4-1)49-52-50(31-16-5-2-6-17-31)54-51(53-49)39-24-12-22-36-35-21-11-23-37(47(35)57-48(36)39)41-29-32(28-40-34-18-7-9-25-42(34)56-46(40)41)33-20-13-27-44-45(33)38-19-8-10-26-43(38)55-44/h1-29H. The Morgan fingerprint density at radius 2 is 0.860 bits per heavy atom. The van der Waals surface area contributed by atoms with E-state index in [0.717, 1.165) is 92.9 Å². The summed E-state index contributed by atoms with van der Waals surface area (Å²) >= 11 is 1.77. The van der Waals surface area contributed by atoms with Crippen LogP contribution in [0.3, 0.4) is 0 Å². The molecule has 4 heterocycles. The first kappa shape index (κ1) is 31.9. The van der Waals surface area contributed by atoms with Gasteiger partial charge in [0.15, 0.2) is 17.5 Å². The number of fused-ring (bicyclic) bond motifs is 9. The summed E-state index contributed by atoms with van der Waals surface area (Å²) in [6, 6.07) is 60.8. The molecule has 4 aromatic heterocycles. The second-order valence-electron chi connectivity index (χ2n) is 14.3. The van der Waals surface area contributed by atoms with E-state index in [4.69, 9.17) is 23.8 Å². The molecule has 12 rings (SSSR count). The van der Waals surface area contributed by atoms with Crippen molar-refractivity contribution in [3.05, 3.63) is 176 Å². The van der Waals surface area contributed by atoms with E-state index in [1.54, 1.807) is 11.3 Å². The molecule has 0 radical (unpaired) electrons. The van der Waals surface area contributed by atoms with Crippen LogP contribution in [0.4, 0.5) is 0 Å². The first-order valence-electron chi connectivity index (χ1n) is 18.9. The Balaban J connectivity index is 1.11. The first-order chi connectivity index (χ1) is 28.2. The van der Waals surface area contributed by atoms with Crippen LogP contribution in [0.2, 0.25) is 0 Å². The molecule has 0 spiro atoms. The predicted octanol–water partition coefficient (Wildman–Crippen LogP) is 14.4. The predicted molar refractivity (Wildman–Crippen MR) is 234 cm³/mol. The zero-order valence-electron chi connectivity index (χ0n) is 30.3. The summed E-state index contributed by atoms with van der Waals surface area (Å²) in [6.45, 7) is 0. The minimum Gasteiger partial charge on any atom is -0.456 e. The fourth-order valence-corrected chi connectivity index (χ4v) is 9.67. The number of benzene rings is 8. The summed E-state index contributed by atoms with van der Waals surface area (Å²) in [6.07, 6.45) is 0. The van der Waals surface area contributed by atoms with Crippen molar-refractivity contribution in [2.45, 2.75) is 0 Å². The van der Waals surface area contributed by atoms with Crippen LogP contribution in [0.1, 0.15) is 0 Å². The highest BCUT2D eigenvalue weighted by Gasteiger charge is 2.22. The summed E-state index contributed by atoms with van der Waals surface area (Å²) in [5.74, 6) is 1.93. The van der Waals surface area contributed by atoms with Gasteiger partial charge in [-0.3, -0.25) is 0 Å². The van der Waals surface area contributed by atoms with Gasteiger partial charge in [0.1, 0.15) is 22.3 Å². The number of rotatable bonds is 5. The van der Waals surface area contributed by atoms with Gasteiger partial charge >= 0.3 is 0 Å². The molecule has 57 heavy (non-hydrogen) atoms. The second kappa shape index (κ2) is 12.6. The van der Waals surface area contributed by atoms with Gasteiger partial charge in [0.05, 0.1) is 0 Å². The maximum atomic E-state index is 6.76. The summed E-state index contributed by atoms with van der Waals surface area (Å²) < 4.78 is 15.4. The molecule has 0 atom stereocenters. The van der Waals surface area contributed by atoms with Crippen molar-refractivity contribution >= 4 is 75.4 Å². The molecule has 0 fully saturated rings. The maximum absolute atomic E-state index is 6.76. The van der Waals surface area contributed by atoms with Gasteiger partial charge in [0.2, 0.25) is 0 Å². The van der Waals surface area contributed by atoms with Gasteiger partial charge in [-0.05, 0) is 47.5 Å². The van der Waals surface area contributed by atoms with Crippen molar-refractivity contribution in [1.82, 2.24) is 15.0 Å². The van der Waals surface area contributed by atoms with Crippen molar-refractivity contribution < 1.29 is 8.83 Å². The lowest BCUT2D eigenvalue weighted by molar-refractivity contribution is 0.669. The lowest BCUT2D eigenvalue weighted by Crippen LogP contribution is -2.00. The Hall–Kier alpha value is -7.41. The van der Waals surface area contributed by atoms with Crippen molar-refractivity contribution in [2.24, 2.45) is 0 Å². The third-order valence-corrected chi connectivity index (χ3v) is 12.2. The van der Waals surface area contributed by atoms with Crippen LogP contribution < -0.4 is 0 Å². The van der Waals surface area contributed by atoms with E-state index in [1.165, 1.54) is 10.1 Å². The first-order valence-corrected chi connectivity index (χ1v) is 19.7. The molecule has 6 heteroatoms. The molecule has 0 N–H and O–H groups in total. The van der Waals surface area contributed by atoms with Crippen molar-refractivity contribution in [3.63, 3.8) is 0 Å². The summed E-state index contributed by atoms with van der Waals surface area (Å²) in [7, 11) is 0. The minimum atomic E-state index is 0.641. The van der Waals surface area contributed by atoms with Crippen LogP contribution in [-0.4, -0.2) is 15.0 Å². The average Bonchev–Trinajstić information content (AvgIpc) is 3.98. The zero-order chi connectivity index (χ0) is 37.5. The van der Waals surface area contributed by atoms with Gasteiger partial charge in [-0.25, -0.2) is 15.0 Å². The van der Waals surface area contributed by atoms with Gasteiger partial charge in [0.25, 0.3) is 0 Å². The molecular weight excluding hydrogens is 719 g/mol. The average molecular weight is 748 g/mol. The lowest BCUT2D eigenvalue weighted by atomic mass is 9.93. The Labute approximate surface area is 330 Å². The number of thiophene rings is 1. The van der Waals surface area contributed by atoms with E-state index in [9.17, 15) is 0 Å². The molecule has 266 valence electrons. The third kappa shape index (κ3) is 5.04. The Kier molecular flexibility index (Phi) is 7.03. The highest BCUT2D eigenvalue weighted by atomic mass is 32.1. The van der Waals surface area contributed by atoms with Gasteiger partial charge in [0, 0.05) is 69.5 Å². The molecule has 0 aliphatic carbocycles.